The van der Waals surface area contributed by atoms with Crippen LogP contribution in [0.25, 0.3) is 0 Å². The molecular formula is C24H34N4O2. The molecule has 162 valence electrons. The number of guanidine groups is 1. The van der Waals surface area contributed by atoms with Crippen molar-refractivity contribution >= 4 is 5.96 Å². The van der Waals surface area contributed by atoms with E-state index in [1.165, 1.54) is 11.1 Å². The molecule has 1 fully saturated rings. The third kappa shape index (κ3) is 7.35. The van der Waals surface area contributed by atoms with Crippen molar-refractivity contribution in [1.82, 2.24) is 15.5 Å². The number of para-hydroxylation sites is 1. The SMILES string of the molecule is CCNC(=NCc1ccc(C)cc1)NCc1ccccc1OCCN1CCOCC1. The van der Waals surface area contributed by atoms with Crippen LogP contribution in [0.2, 0.25) is 0 Å². The minimum atomic E-state index is 0.646. The number of aliphatic imine (C=N–C) groups is 1. The molecule has 3 rings (SSSR count). The van der Waals surface area contributed by atoms with Crippen LogP contribution in [-0.4, -0.2) is 56.9 Å². The minimum Gasteiger partial charge on any atom is -0.492 e. The van der Waals surface area contributed by atoms with Gasteiger partial charge in [0.05, 0.1) is 19.8 Å². The van der Waals surface area contributed by atoms with Crippen molar-refractivity contribution in [1.29, 1.82) is 0 Å². The van der Waals surface area contributed by atoms with Gasteiger partial charge in [-0.3, -0.25) is 4.90 Å². The van der Waals surface area contributed by atoms with Crippen LogP contribution in [0.4, 0.5) is 0 Å². The van der Waals surface area contributed by atoms with Gasteiger partial charge >= 0.3 is 0 Å². The summed E-state index contributed by atoms with van der Waals surface area (Å²) >= 11 is 0. The van der Waals surface area contributed by atoms with Gasteiger partial charge in [-0.25, -0.2) is 4.99 Å². The monoisotopic (exact) mass is 410 g/mol. The lowest BCUT2D eigenvalue weighted by molar-refractivity contribution is 0.0322. The van der Waals surface area contributed by atoms with Crippen molar-refractivity contribution in [3.63, 3.8) is 0 Å². The van der Waals surface area contributed by atoms with Gasteiger partial charge in [-0.1, -0.05) is 48.0 Å². The van der Waals surface area contributed by atoms with E-state index < -0.39 is 0 Å². The Hall–Kier alpha value is -2.57. The second-order valence-electron chi connectivity index (χ2n) is 7.44. The van der Waals surface area contributed by atoms with Crippen LogP contribution in [0, 0.1) is 6.92 Å². The van der Waals surface area contributed by atoms with Crippen LogP contribution in [0.5, 0.6) is 5.75 Å². The minimum absolute atomic E-state index is 0.646. The molecule has 0 saturated carbocycles. The molecule has 0 atom stereocenters. The van der Waals surface area contributed by atoms with E-state index >= 15 is 0 Å². The molecule has 0 unspecified atom stereocenters. The summed E-state index contributed by atoms with van der Waals surface area (Å²) in [6.07, 6.45) is 0. The van der Waals surface area contributed by atoms with Crippen molar-refractivity contribution in [3.05, 3.63) is 65.2 Å². The van der Waals surface area contributed by atoms with Crippen molar-refractivity contribution in [2.45, 2.75) is 26.9 Å². The van der Waals surface area contributed by atoms with Gasteiger partial charge in [-0.05, 0) is 25.5 Å². The fourth-order valence-corrected chi connectivity index (χ4v) is 3.28. The summed E-state index contributed by atoms with van der Waals surface area (Å²) in [7, 11) is 0. The van der Waals surface area contributed by atoms with Crippen molar-refractivity contribution in [3.8, 4) is 5.75 Å². The lowest BCUT2D eigenvalue weighted by Crippen LogP contribution is -2.38. The summed E-state index contributed by atoms with van der Waals surface area (Å²) < 4.78 is 11.5. The molecule has 1 aliphatic rings. The van der Waals surface area contributed by atoms with Gasteiger partial charge in [-0.2, -0.15) is 0 Å². The zero-order valence-electron chi connectivity index (χ0n) is 18.2. The number of nitrogens with zero attached hydrogens (tertiary/aromatic N) is 2. The second kappa shape index (κ2) is 12.2. The molecule has 1 saturated heterocycles. The normalized spacial score (nSPS) is 15.1. The Morgan fingerprint density at radius 2 is 1.83 bits per heavy atom. The van der Waals surface area contributed by atoms with Gasteiger partial charge in [0.1, 0.15) is 12.4 Å². The highest BCUT2D eigenvalue weighted by molar-refractivity contribution is 5.79. The highest BCUT2D eigenvalue weighted by Crippen LogP contribution is 2.17. The lowest BCUT2D eigenvalue weighted by atomic mass is 10.1. The van der Waals surface area contributed by atoms with Crippen LogP contribution in [0.3, 0.4) is 0 Å². The Morgan fingerprint density at radius 1 is 1.07 bits per heavy atom. The number of hydrogen-bond donors (Lipinski definition) is 2. The second-order valence-corrected chi connectivity index (χ2v) is 7.44. The topological polar surface area (TPSA) is 58.1 Å². The predicted octanol–water partition coefficient (Wildman–Crippen LogP) is 2.96. The van der Waals surface area contributed by atoms with E-state index in [-0.39, 0.29) is 0 Å². The molecule has 0 radical (unpaired) electrons. The van der Waals surface area contributed by atoms with Crippen LogP contribution < -0.4 is 15.4 Å². The van der Waals surface area contributed by atoms with Crippen LogP contribution in [-0.2, 0) is 17.8 Å². The Bertz CT molecular complexity index is 786. The maximum absolute atomic E-state index is 6.09. The van der Waals surface area contributed by atoms with Crippen LogP contribution in [0.15, 0.2) is 53.5 Å². The molecule has 0 aliphatic carbocycles. The molecule has 6 heteroatoms. The van der Waals surface area contributed by atoms with Gasteiger partial charge in [0.15, 0.2) is 5.96 Å². The van der Waals surface area contributed by atoms with E-state index in [1.54, 1.807) is 0 Å². The molecule has 2 N–H and O–H groups in total. The first-order valence-electron chi connectivity index (χ1n) is 10.8. The van der Waals surface area contributed by atoms with E-state index in [4.69, 9.17) is 14.5 Å². The number of ether oxygens (including phenoxy) is 2. The Balaban J connectivity index is 1.53. The molecule has 0 aromatic heterocycles. The van der Waals surface area contributed by atoms with Gasteiger partial charge in [-0.15, -0.1) is 0 Å². The summed E-state index contributed by atoms with van der Waals surface area (Å²) in [6, 6.07) is 16.7. The summed E-state index contributed by atoms with van der Waals surface area (Å²) in [5, 5.41) is 6.75. The van der Waals surface area contributed by atoms with E-state index in [9.17, 15) is 0 Å². The highest BCUT2D eigenvalue weighted by Gasteiger charge is 2.10. The van der Waals surface area contributed by atoms with Gasteiger partial charge in [0.25, 0.3) is 0 Å². The smallest absolute Gasteiger partial charge is 0.191 e. The van der Waals surface area contributed by atoms with Crippen LogP contribution >= 0.6 is 0 Å². The number of aryl methyl sites for hydroxylation is 1. The molecule has 0 spiro atoms. The van der Waals surface area contributed by atoms with Crippen molar-refractivity contribution in [2.24, 2.45) is 4.99 Å². The average molecular weight is 411 g/mol. The summed E-state index contributed by atoms with van der Waals surface area (Å²) in [4.78, 5) is 7.10. The van der Waals surface area contributed by atoms with Crippen molar-refractivity contribution in [2.75, 3.05) is 46.0 Å². The maximum Gasteiger partial charge on any atom is 0.191 e. The first-order chi connectivity index (χ1) is 14.7. The van der Waals surface area contributed by atoms with Crippen LogP contribution in [0.1, 0.15) is 23.6 Å². The van der Waals surface area contributed by atoms with Crippen molar-refractivity contribution < 1.29 is 9.47 Å². The summed E-state index contributed by atoms with van der Waals surface area (Å²) in [6.45, 7) is 11.5. The molecule has 2 aromatic rings. The van der Waals surface area contributed by atoms with Gasteiger partial charge < -0.3 is 20.1 Å². The first kappa shape index (κ1) is 22.1. The number of benzene rings is 2. The van der Waals surface area contributed by atoms with E-state index in [2.05, 4.69) is 59.7 Å². The number of hydrogen-bond acceptors (Lipinski definition) is 4. The van der Waals surface area contributed by atoms with E-state index in [0.29, 0.717) is 19.7 Å². The molecule has 6 nitrogen and oxygen atoms in total. The summed E-state index contributed by atoms with van der Waals surface area (Å²) in [5.74, 6) is 1.73. The molecule has 0 bridgehead atoms. The van der Waals surface area contributed by atoms with E-state index in [1.807, 2.05) is 18.2 Å². The molecular weight excluding hydrogens is 376 g/mol. The number of rotatable bonds is 9. The number of nitrogens with one attached hydrogen (secondary N) is 2. The lowest BCUT2D eigenvalue weighted by Gasteiger charge is -2.26. The molecule has 0 amide bonds. The Labute approximate surface area is 180 Å². The predicted molar refractivity (Wildman–Crippen MR) is 122 cm³/mol. The first-order valence-corrected chi connectivity index (χ1v) is 10.8. The maximum atomic E-state index is 6.09. The fourth-order valence-electron chi connectivity index (χ4n) is 3.28. The third-order valence-electron chi connectivity index (χ3n) is 5.07. The largest absolute Gasteiger partial charge is 0.492 e. The van der Waals surface area contributed by atoms with E-state index in [0.717, 1.165) is 56.7 Å². The standard InChI is InChI=1S/C24H34N4O2/c1-3-25-24(26-18-21-10-8-20(2)9-11-21)27-19-22-6-4-5-7-23(22)30-17-14-28-12-15-29-16-13-28/h4-11H,3,12-19H2,1-2H3,(H2,25,26,27). The Morgan fingerprint density at radius 3 is 2.60 bits per heavy atom. The molecule has 30 heavy (non-hydrogen) atoms. The zero-order chi connectivity index (χ0) is 21.0. The molecule has 2 aromatic carbocycles. The molecule has 1 aliphatic heterocycles. The molecule has 1 heterocycles. The Kier molecular flexibility index (Phi) is 9.00. The average Bonchev–Trinajstić information content (AvgIpc) is 2.78. The fraction of sp³-hybridized carbons (Fsp3) is 0.458. The third-order valence-corrected chi connectivity index (χ3v) is 5.07. The quantitative estimate of drug-likeness (QED) is 0.492. The van der Waals surface area contributed by atoms with Gasteiger partial charge in [0, 0.05) is 38.3 Å². The highest BCUT2D eigenvalue weighted by atomic mass is 16.5. The summed E-state index contributed by atoms with van der Waals surface area (Å²) in [5.41, 5.74) is 3.59. The van der Waals surface area contributed by atoms with Gasteiger partial charge in [0.2, 0.25) is 0 Å². The number of morpholine rings is 1. The zero-order valence-corrected chi connectivity index (χ0v) is 18.2.